The summed E-state index contributed by atoms with van der Waals surface area (Å²) in [6, 6.07) is 10.7. The molecule has 0 fully saturated rings. The molecule has 1 aromatic carbocycles. The topological polar surface area (TPSA) is 102 Å². The van der Waals surface area contributed by atoms with Crippen LogP contribution in [-0.2, 0) is 0 Å². The Labute approximate surface area is 161 Å². The van der Waals surface area contributed by atoms with E-state index in [-0.39, 0.29) is 6.03 Å². The highest BCUT2D eigenvalue weighted by Crippen LogP contribution is 2.32. The summed E-state index contributed by atoms with van der Waals surface area (Å²) < 4.78 is 12.9. The molecule has 28 heavy (non-hydrogen) atoms. The van der Waals surface area contributed by atoms with Crippen LogP contribution in [0, 0.1) is 0 Å². The molecule has 1 aliphatic rings. The van der Waals surface area contributed by atoms with Crippen molar-refractivity contribution in [1.82, 2.24) is 19.9 Å². The molecule has 2 aromatic heterocycles. The summed E-state index contributed by atoms with van der Waals surface area (Å²) in [5.74, 6) is 2.78. The molecule has 144 valence electrons. The molecule has 9 heteroatoms. The lowest BCUT2D eigenvalue weighted by Gasteiger charge is -2.19. The predicted octanol–water partition coefficient (Wildman–Crippen LogP) is 2.27. The zero-order valence-electron chi connectivity index (χ0n) is 15.1. The number of aromatic nitrogens is 3. The monoisotopic (exact) mass is 380 g/mol. The smallest absolute Gasteiger partial charge is 0.319 e. The van der Waals surface area contributed by atoms with E-state index < -0.39 is 0 Å². The van der Waals surface area contributed by atoms with Crippen LogP contribution in [0.2, 0.25) is 0 Å². The summed E-state index contributed by atoms with van der Waals surface area (Å²) in [7, 11) is 0. The third-order valence-electron chi connectivity index (χ3n) is 4.04. The van der Waals surface area contributed by atoms with Gasteiger partial charge in [0, 0.05) is 43.3 Å². The fourth-order valence-corrected chi connectivity index (χ4v) is 2.74. The Kier molecular flexibility index (Phi) is 5.23. The Bertz CT molecular complexity index is 945. The first kappa shape index (κ1) is 17.7. The average molecular weight is 380 g/mol. The van der Waals surface area contributed by atoms with Crippen LogP contribution in [0.15, 0.2) is 55.1 Å². The third kappa shape index (κ3) is 4.32. The van der Waals surface area contributed by atoms with Crippen LogP contribution in [0.5, 0.6) is 11.5 Å². The maximum atomic E-state index is 12.1. The van der Waals surface area contributed by atoms with Gasteiger partial charge in [0.05, 0.1) is 0 Å². The lowest BCUT2D eigenvalue weighted by atomic mass is 10.2. The lowest BCUT2D eigenvalue weighted by Crippen LogP contribution is -2.32. The Balaban J connectivity index is 1.23. The van der Waals surface area contributed by atoms with E-state index >= 15 is 0 Å². The second kappa shape index (κ2) is 8.30. The number of carbonyl (C=O) groups is 1. The average Bonchev–Trinajstić information content (AvgIpc) is 3.26. The van der Waals surface area contributed by atoms with Crippen molar-refractivity contribution in [3.63, 3.8) is 0 Å². The largest absolute Gasteiger partial charge is 0.486 e. The van der Waals surface area contributed by atoms with Crippen LogP contribution >= 0.6 is 0 Å². The number of ether oxygens (including phenoxy) is 2. The maximum absolute atomic E-state index is 12.1. The van der Waals surface area contributed by atoms with Crippen molar-refractivity contribution >= 4 is 17.5 Å². The van der Waals surface area contributed by atoms with Crippen molar-refractivity contribution in [3.05, 3.63) is 55.1 Å². The first-order valence-corrected chi connectivity index (χ1v) is 8.92. The van der Waals surface area contributed by atoms with Crippen LogP contribution in [0.25, 0.3) is 5.82 Å². The molecule has 9 nitrogen and oxygen atoms in total. The van der Waals surface area contributed by atoms with Crippen LogP contribution in [0.4, 0.5) is 16.3 Å². The summed E-state index contributed by atoms with van der Waals surface area (Å²) in [5.41, 5.74) is 0.641. The summed E-state index contributed by atoms with van der Waals surface area (Å²) >= 11 is 0. The quantitative estimate of drug-likeness (QED) is 0.567. The summed E-state index contributed by atoms with van der Waals surface area (Å²) in [4.78, 5) is 20.5. The van der Waals surface area contributed by atoms with Gasteiger partial charge in [0.1, 0.15) is 31.2 Å². The van der Waals surface area contributed by atoms with Gasteiger partial charge in [-0.2, -0.15) is 0 Å². The first-order chi connectivity index (χ1) is 13.8. The van der Waals surface area contributed by atoms with Crippen LogP contribution in [0.1, 0.15) is 0 Å². The van der Waals surface area contributed by atoms with Crippen molar-refractivity contribution in [2.75, 3.05) is 36.9 Å². The standard InChI is InChI=1S/C19H20N6O3/c26-19(24-14-3-4-15-16(11-14)28-10-9-27-15)21-6-5-20-17-12-18(23-13-22-17)25-7-1-2-8-25/h1-4,7-8,11-13H,5-6,9-10H2,(H,20,22,23)(H2,21,24,26). The molecule has 0 atom stereocenters. The molecule has 0 bridgehead atoms. The Morgan fingerprint density at radius 2 is 1.86 bits per heavy atom. The van der Waals surface area contributed by atoms with Crippen LogP contribution < -0.4 is 25.4 Å². The molecule has 1 aliphatic heterocycles. The molecule has 0 saturated heterocycles. The van der Waals surface area contributed by atoms with E-state index in [9.17, 15) is 4.79 Å². The molecule has 0 saturated carbocycles. The predicted molar refractivity (Wildman–Crippen MR) is 104 cm³/mol. The number of rotatable bonds is 6. The molecule has 2 amide bonds. The van der Waals surface area contributed by atoms with Gasteiger partial charge in [-0.3, -0.25) is 0 Å². The van der Waals surface area contributed by atoms with E-state index in [0.717, 1.165) is 5.82 Å². The van der Waals surface area contributed by atoms with Gasteiger partial charge in [0.15, 0.2) is 11.5 Å². The highest BCUT2D eigenvalue weighted by molar-refractivity contribution is 5.89. The number of carbonyl (C=O) groups excluding carboxylic acids is 1. The van der Waals surface area contributed by atoms with Crippen LogP contribution in [0.3, 0.4) is 0 Å². The van der Waals surface area contributed by atoms with Crippen LogP contribution in [-0.4, -0.2) is 46.9 Å². The minimum absolute atomic E-state index is 0.297. The number of hydrogen-bond donors (Lipinski definition) is 3. The highest BCUT2D eigenvalue weighted by Gasteiger charge is 2.12. The minimum Gasteiger partial charge on any atom is -0.486 e. The van der Waals surface area contributed by atoms with Gasteiger partial charge in [-0.25, -0.2) is 14.8 Å². The van der Waals surface area contributed by atoms with E-state index in [0.29, 0.717) is 49.3 Å². The molecule has 4 rings (SSSR count). The van der Waals surface area contributed by atoms with Crippen molar-refractivity contribution in [3.8, 4) is 17.3 Å². The normalized spacial score (nSPS) is 12.3. The van der Waals surface area contributed by atoms with Crippen molar-refractivity contribution in [2.45, 2.75) is 0 Å². The minimum atomic E-state index is -0.297. The highest BCUT2D eigenvalue weighted by atomic mass is 16.6. The Hall–Kier alpha value is -3.75. The number of nitrogens with one attached hydrogen (secondary N) is 3. The number of nitrogens with zero attached hydrogens (tertiary/aromatic N) is 3. The second-order valence-electron chi connectivity index (χ2n) is 6.02. The zero-order chi connectivity index (χ0) is 19.2. The molecule has 0 aliphatic carbocycles. The van der Waals surface area contributed by atoms with Gasteiger partial charge >= 0.3 is 6.03 Å². The molecule has 0 radical (unpaired) electrons. The second-order valence-corrected chi connectivity index (χ2v) is 6.02. The van der Waals surface area contributed by atoms with E-state index in [1.807, 2.05) is 35.2 Å². The van der Waals surface area contributed by atoms with Gasteiger partial charge in [-0.05, 0) is 24.3 Å². The van der Waals surface area contributed by atoms with E-state index in [1.165, 1.54) is 6.33 Å². The number of anilines is 2. The zero-order valence-corrected chi connectivity index (χ0v) is 15.1. The van der Waals surface area contributed by atoms with Gasteiger partial charge in [0.25, 0.3) is 0 Å². The van der Waals surface area contributed by atoms with E-state index in [4.69, 9.17) is 9.47 Å². The molecular formula is C19H20N6O3. The fourth-order valence-electron chi connectivity index (χ4n) is 2.74. The molecule has 0 unspecified atom stereocenters. The summed E-state index contributed by atoms with van der Waals surface area (Å²) in [6.45, 7) is 1.99. The molecule has 3 aromatic rings. The Morgan fingerprint density at radius 3 is 2.71 bits per heavy atom. The molecular weight excluding hydrogens is 360 g/mol. The number of amides is 2. The molecule has 3 N–H and O–H groups in total. The Morgan fingerprint density at radius 1 is 1.04 bits per heavy atom. The van der Waals surface area contributed by atoms with E-state index in [1.54, 1.807) is 18.2 Å². The van der Waals surface area contributed by atoms with Crippen molar-refractivity contribution < 1.29 is 14.3 Å². The van der Waals surface area contributed by atoms with Gasteiger partial charge in [0.2, 0.25) is 0 Å². The SMILES string of the molecule is O=C(NCCNc1cc(-n2cccc2)ncn1)Nc1ccc2c(c1)OCCO2. The third-order valence-corrected chi connectivity index (χ3v) is 4.04. The number of fused-ring (bicyclic) bond motifs is 1. The summed E-state index contributed by atoms with van der Waals surface area (Å²) in [5, 5.41) is 8.73. The van der Waals surface area contributed by atoms with Crippen molar-refractivity contribution in [2.24, 2.45) is 0 Å². The van der Waals surface area contributed by atoms with Gasteiger partial charge in [-0.15, -0.1) is 0 Å². The van der Waals surface area contributed by atoms with Crippen molar-refractivity contribution in [1.29, 1.82) is 0 Å². The summed E-state index contributed by atoms with van der Waals surface area (Å²) in [6.07, 6.45) is 5.32. The number of urea groups is 1. The first-order valence-electron chi connectivity index (χ1n) is 8.92. The van der Waals surface area contributed by atoms with Gasteiger partial charge in [-0.1, -0.05) is 0 Å². The lowest BCUT2D eigenvalue weighted by molar-refractivity contribution is 0.171. The number of hydrogen-bond acceptors (Lipinski definition) is 6. The molecule has 0 spiro atoms. The molecule has 3 heterocycles. The van der Waals surface area contributed by atoms with Gasteiger partial charge < -0.3 is 30.0 Å². The van der Waals surface area contributed by atoms with E-state index in [2.05, 4.69) is 25.9 Å². The number of benzene rings is 1. The maximum Gasteiger partial charge on any atom is 0.319 e. The fraction of sp³-hybridized carbons (Fsp3) is 0.211.